The second kappa shape index (κ2) is 8.62. The number of alkyl halides is 3. The number of hydrogen-bond acceptors (Lipinski definition) is 5. The number of carbonyl (C=O) groups excluding carboxylic acids is 1. The fourth-order valence-electron chi connectivity index (χ4n) is 3.13. The molecule has 33 heavy (non-hydrogen) atoms. The third-order valence-electron chi connectivity index (χ3n) is 4.73. The number of halogens is 4. The first-order valence-electron chi connectivity index (χ1n) is 9.64. The highest BCUT2D eigenvalue weighted by atomic mass is 35.5. The normalized spacial score (nSPS) is 11.5. The Hall–Kier alpha value is -3.79. The van der Waals surface area contributed by atoms with Gasteiger partial charge >= 0.3 is 6.18 Å². The van der Waals surface area contributed by atoms with Crippen molar-refractivity contribution in [3.8, 4) is 11.5 Å². The minimum atomic E-state index is -4.57. The van der Waals surface area contributed by atoms with Crippen LogP contribution < -0.4 is 15.4 Å². The number of aromatic nitrogens is 3. The molecule has 0 atom stereocenters. The van der Waals surface area contributed by atoms with Gasteiger partial charge in [0.1, 0.15) is 17.2 Å². The van der Waals surface area contributed by atoms with Crippen molar-refractivity contribution in [2.45, 2.75) is 13.1 Å². The number of nitrogens with one attached hydrogen (secondary N) is 3. The molecule has 0 spiro atoms. The van der Waals surface area contributed by atoms with Gasteiger partial charge in [0.2, 0.25) is 5.95 Å². The van der Waals surface area contributed by atoms with Crippen molar-refractivity contribution >= 4 is 40.2 Å². The molecule has 7 nitrogen and oxygen atoms in total. The van der Waals surface area contributed by atoms with Crippen molar-refractivity contribution in [1.29, 1.82) is 0 Å². The molecule has 0 bridgehead atoms. The zero-order valence-electron chi connectivity index (χ0n) is 17.3. The summed E-state index contributed by atoms with van der Waals surface area (Å²) in [4.78, 5) is 23.2. The fraction of sp³-hybridized carbons (Fsp3) is 0.136. The second-order valence-corrected chi connectivity index (χ2v) is 7.50. The van der Waals surface area contributed by atoms with Gasteiger partial charge in [-0.2, -0.15) is 13.2 Å². The minimum Gasteiger partial charge on any atom is -0.457 e. The van der Waals surface area contributed by atoms with Crippen LogP contribution >= 0.6 is 11.6 Å². The van der Waals surface area contributed by atoms with E-state index in [1.165, 1.54) is 31.4 Å². The molecule has 170 valence electrons. The highest BCUT2D eigenvalue weighted by Crippen LogP contribution is 2.37. The molecule has 0 aliphatic rings. The summed E-state index contributed by atoms with van der Waals surface area (Å²) in [6.07, 6.45) is -3.11. The van der Waals surface area contributed by atoms with Crippen LogP contribution in [0, 0.1) is 6.92 Å². The van der Waals surface area contributed by atoms with E-state index in [1.54, 1.807) is 18.2 Å². The third-order valence-corrected chi connectivity index (χ3v) is 5.06. The third kappa shape index (κ3) is 4.85. The zero-order valence-corrected chi connectivity index (χ0v) is 18.1. The van der Waals surface area contributed by atoms with Gasteiger partial charge in [0.15, 0.2) is 0 Å². The van der Waals surface area contributed by atoms with E-state index in [-0.39, 0.29) is 28.3 Å². The number of H-pyrrole nitrogens is 1. The molecule has 2 heterocycles. The van der Waals surface area contributed by atoms with E-state index in [9.17, 15) is 18.0 Å². The summed E-state index contributed by atoms with van der Waals surface area (Å²) in [6.45, 7) is 1.83. The van der Waals surface area contributed by atoms with Crippen LogP contribution in [0.5, 0.6) is 11.5 Å². The SMILES string of the molecule is CNC(=O)c1cc(Oc2cc3nc(Nc4ccc(Cl)c(C(F)(F)F)c4)[nH]c3cc2C)ccn1. The van der Waals surface area contributed by atoms with E-state index in [4.69, 9.17) is 16.3 Å². The van der Waals surface area contributed by atoms with Crippen molar-refractivity contribution in [2.24, 2.45) is 0 Å². The Balaban J connectivity index is 1.61. The number of aryl methyl sites for hydroxylation is 1. The number of benzene rings is 2. The summed E-state index contributed by atoms with van der Waals surface area (Å²) >= 11 is 5.67. The van der Waals surface area contributed by atoms with Gasteiger partial charge in [0, 0.05) is 31.1 Å². The van der Waals surface area contributed by atoms with Crippen LogP contribution in [0.25, 0.3) is 11.0 Å². The Kier molecular flexibility index (Phi) is 5.86. The first-order valence-corrected chi connectivity index (χ1v) is 10.0. The number of nitrogens with zero attached hydrogens (tertiary/aromatic N) is 2. The number of ether oxygens (including phenoxy) is 1. The van der Waals surface area contributed by atoms with Gasteiger partial charge in [0.05, 0.1) is 21.6 Å². The van der Waals surface area contributed by atoms with Crippen LogP contribution in [-0.4, -0.2) is 27.9 Å². The van der Waals surface area contributed by atoms with Crippen molar-refractivity contribution < 1.29 is 22.7 Å². The Bertz CT molecular complexity index is 1350. The maximum atomic E-state index is 13.1. The molecular weight excluding hydrogens is 459 g/mol. The number of anilines is 2. The van der Waals surface area contributed by atoms with E-state index in [0.29, 0.717) is 22.5 Å². The Morgan fingerprint density at radius 3 is 2.67 bits per heavy atom. The summed E-state index contributed by atoms with van der Waals surface area (Å²) in [5.74, 6) is 0.829. The molecule has 0 aliphatic carbocycles. The number of hydrogen-bond donors (Lipinski definition) is 3. The monoisotopic (exact) mass is 475 g/mol. The standard InChI is InChI=1S/C22H17ClF3N5O2/c1-11-7-16-17(10-19(11)33-13-5-6-28-18(9-13)20(32)27-2)31-21(30-16)29-12-3-4-15(23)14(8-12)22(24,25)26/h3-10H,1-2H3,(H,27,32)(H2,29,30,31). The lowest BCUT2D eigenvalue weighted by atomic mass is 10.2. The lowest BCUT2D eigenvalue weighted by Crippen LogP contribution is -2.18. The molecule has 11 heteroatoms. The molecule has 2 aromatic carbocycles. The summed E-state index contributed by atoms with van der Waals surface area (Å²) < 4.78 is 45.3. The molecule has 0 unspecified atom stereocenters. The zero-order chi connectivity index (χ0) is 23.8. The largest absolute Gasteiger partial charge is 0.457 e. The highest BCUT2D eigenvalue weighted by molar-refractivity contribution is 6.31. The van der Waals surface area contributed by atoms with E-state index in [1.807, 2.05) is 6.92 Å². The maximum Gasteiger partial charge on any atom is 0.417 e. The van der Waals surface area contributed by atoms with Gasteiger partial charge in [-0.25, -0.2) is 4.98 Å². The second-order valence-electron chi connectivity index (χ2n) is 7.10. The quantitative estimate of drug-likeness (QED) is 0.337. The number of rotatable bonds is 5. The average Bonchev–Trinajstić information content (AvgIpc) is 3.15. The summed E-state index contributed by atoms with van der Waals surface area (Å²) in [7, 11) is 1.51. The van der Waals surface area contributed by atoms with Gasteiger partial charge < -0.3 is 20.4 Å². The van der Waals surface area contributed by atoms with Crippen LogP contribution in [0.1, 0.15) is 21.6 Å². The Labute approximate surface area is 191 Å². The molecular formula is C22H17ClF3N5O2. The average molecular weight is 476 g/mol. The summed E-state index contributed by atoms with van der Waals surface area (Å²) in [6, 6.07) is 10.1. The van der Waals surface area contributed by atoms with Crippen molar-refractivity contribution in [3.63, 3.8) is 0 Å². The molecule has 1 amide bonds. The summed E-state index contributed by atoms with van der Waals surface area (Å²) in [5.41, 5.74) is 1.42. The highest BCUT2D eigenvalue weighted by Gasteiger charge is 2.33. The van der Waals surface area contributed by atoms with Gasteiger partial charge in [-0.15, -0.1) is 0 Å². The van der Waals surface area contributed by atoms with Crippen LogP contribution in [0.3, 0.4) is 0 Å². The van der Waals surface area contributed by atoms with Crippen molar-refractivity contribution in [1.82, 2.24) is 20.3 Å². The predicted octanol–water partition coefficient (Wildman–Crippen LogP) is 5.83. The van der Waals surface area contributed by atoms with Gasteiger partial charge in [0.25, 0.3) is 5.91 Å². The molecule has 2 aromatic heterocycles. The predicted molar refractivity (Wildman–Crippen MR) is 118 cm³/mol. The van der Waals surface area contributed by atoms with E-state index >= 15 is 0 Å². The van der Waals surface area contributed by atoms with Crippen molar-refractivity contribution in [3.05, 3.63) is 70.5 Å². The molecule has 0 saturated carbocycles. The van der Waals surface area contributed by atoms with Gasteiger partial charge in [-0.3, -0.25) is 9.78 Å². The lowest BCUT2D eigenvalue weighted by molar-refractivity contribution is -0.137. The number of aromatic amines is 1. The molecule has 3 N–H and O–H groups in total. The molecule has 4 rings (SSSR count). The van der Waals surface area contributed by atoms with Gasteiger partial charge in [-0.05, 0) is 42.8 Å². The van der Waals surface area contributed by atoms with Crippen LogP contribution in [-0.2, 0) is 6.18 Å². The van der Waals surface area contributed by atoms with Crippen LogP contribution in [0.2, 0.25) is 5.02 Å². The number of imidazole rings is 1. The minimum absolute atomic E-state index is 0.178. The van der Waals surface area contributed by atoms with E-state index < -0.39 is 11.7 Å². The molecule has 4 aromatic rings. The topological polar surface area (TPSA) is 91.9 Å². The smallest absolute Gasteiger partial charge is 0.417 e. The van der Waals surface area contributed by atoms with E-state index in [0.717, 1.165) is 11.6 Å². The number of fused-ring (bicyclic) bond motifs is 1. The van der Waals surface area contributed by atoms with Crippen LogP contribution in [0.15, 0.2) is 48.7 Å². The van der Waals surface area contributed by atoms with Crippen LogP contribution in [0.4, 0.5) is 24.8 Å². The molecule has 0 fully saturated rings. The number of amides is 1. The van der Waals surface area contributed by atoms with Crippen molar-refractivity contribution in [2.75, 3.05) is 12.4 Å². The number of carbonyl (C=O) groups is 1. The summed E-state index contributed by atoms with van der Waals surface area (Å²) in [5, 5.41) is 4.94. The Morgan fingerprint density at radius 2 is 1.94 bits per heavy atom. The van der Waals surface area contributed by atoms with E-state index in [2.05, 4.69) is 25.6 Å². The fourth-order valence-corrected chi connectivity index (χ4v) is 3.35. The molecule has 0 aliphatic heterocycles. The Morgan fingerprint density at radius 1 is 1.15 bits per heavy atom. The first kappa shape index (κ1) is 22.4. The first-order chi connectivity index (χ1) is 15.6. The molecule has 0 radical (unpaired) electrons. The maximum absolute atomic E-state index is 13.1. The lowest BCUT2D eigenvalue weighted by Gasteiger charge is -2.11. The number of pyridine rings is 1. The molecule has 0 saturated heterocycles. The van der Waals surface area contributed by atoms with Gasteiger partial charge in [-0.1, -0.05) is 11.6 Å².